The van der Waals surface area contributed by atoms with E-state index in [0.29, 0.717) is 5.02 Å². The molecule has 3 heteroatoms. The Morgan fingerprint density at radius 1 is 1.28 bits per heavy atom. The van der Waals surface area contributed by atoms with Crippen LogP contribution in [0.3, 0.4) is 0 Å². The molecule has 0 bridgehead atoms. The van der Waals surface area contributed by atoms with Gasteiger partial charge in [0, 0.05) is 10.9 Å². The van der Waals surface area contributed by atoms with Crippen molar-refractivity contribution in [2.45, 2.75) is 40.2 Å². The van der Waals surface area contributed by atoms with E-state index in [1.54, 1.807) is 0 Å². The van der Waals surface area contributed by atoms with Crippen molar-refractivity contribution in [2.24, 2.45) is 0 Å². The van der Waals surface area contributed by atoms with Gasteiger partial charge in [0.15, 0.2) is 5.58 Å². The number of halogens is 1. The molecule has 2 aromatic rings. The Labute approximate surface area is 113 Å². The number of fused-ring (bicyclic) bond motifs is 1. The van der Waals surface area contributed by atoms with Crippen LogP contribution in [0.2, 0.25) is 5.02 Å². The maximum atomic E-state index is 6.23. The summed E-state index contributed by atoms with van der Waals surface area (Å²) in [6.45, 7) is 8.12. The second kappa shape index (κ2) is 5.77. The van der Waals surface area contributed by atoms with Gasteiger partial charge >= 0.3 is 0 Å². The molecule has 0 fully saturated rings. The molecule has 0 aliphatic heterocycles. The average molecular weight is 266 g/mol. The number of nitrogens with one attached hydrogen (secondary N) is 1. The van der Waals surface area contributed by atoms with E-state index < -0.39 is 0 Å². The van der Waals surface area contributed by atoms with E-state index in [1.807, 2.05) is 6.07 Å². The SMILES string of the molecule is CCCc1c(CNCC)oc2c(Cl)ccc(C)c12. The Bertz CT molecular complexity index is 545. The van der Waals surface area contributed by atoms with Crippen LogP contribution in [0.1, 0.15) is 37.2 Å². The van der Waals surface area contributed by atoms with E-state index in [4.69, 9.17) is 16.0 Å². The number of rotatable bonds is 5. The lowest BCUT2D eigenvalue weighted by molar-refractivity contribution is 0.513. The fourth-order valence-electron chi connectivity index (χ4n) is 2.35. The first-order valence-corrected chi connectivity index (χ1v) is 6.96. The first kappa shape index (κ1) is 13.4. The fraction of sp³-hybridized carbons (Fsp3) is 0.467. The van der Waals surface area contributed by atoms with Crippen molar-refractivity contribution >= 4 is 22.6 Å². The molecule has 2 nitrogen and oxygen atoms in total. The zero-order chi connectivity index (χ0) is 13.1. The summed E-state index contributed by atoms with van der Waals surface area (Å²) in [6.07, 6.45) is 2.15. The molecule has 1 aromatic heterocycles. The second-order valence-electron chi connectivity index (χ2n) is 4.60. The molecule has 0 radical (unpaired) electrons. The third-order valence-electron chi connectivity index (χ3n) is 3.22. The molecule has 0 spiro atoms. The van der Waals surface area contributed by atoms with E-state index in [1.165, 1.54) is 16.5 Å². The smallest absolute Gasteiger partial charge is 0.153 e. The summed E-state index contributed by atoms with van der Waals surface area (Å²) in [5, 5.41) is 5.24. The van der Waals surface area contributed by atoms with E-state index in [-0.39, 0.29) is 0 Å². The molecule has 1 aromatic carbocycles. The van der Waals surface area contributed by atoms with Crippen LogP contribution in [-0.2, 0) is 13.0 Å². The lowest BCUT2D eigenvalue weighted by Gasteiger charge is -2.03. The summed E-state index contributed by atoms with van der Waals surface area (Å²) in [4.78, 5) is 0. The van der Waals surface area contributed by atoms with Gasteiger partial charge in [-0.15, -0.1) is 0 Å². The highest BCUT2D eigenvalue weighted by atomic mass is 35.5. The first-order chi connectivity index (χ1) is 8.69. The lowest BCUT2D eigenvalue weighted by Crippen LogP contribution is -2.12. The molecule has 0 unspecified atom stereocenters. The Morgan fingerprint density at radius 2 is 2.06 bits per heavy atom. The molecule has 2 rings (SSSR count). The van der Waals surface area contributed by atoms with Gasteiger partial charge in [-0.25, -0.2) is 0 Å². The van der Waals surface area contributed by atoms with Gasteiger partial charge in [0.2, 0.25) is 0 Å². The molecule has 18 heavy (non-hydrogen) atoms. The van der Waals surface area contributed by atoms with Gasteiger partial charge in [0.25, 0.3) is 0 Å². The zero-order valence-corrected chi connectivity index (χ0v) is 12.0. The highest BCUT2D eigenvalue weighted by Crippen LogP contribution is 2.34. The van der Waals surface area contributed by atoms with Crippen LogP contribution in [0.15, 0.2) is 16.5 Å². The van der Waals surface area contributed by atoms with E-state index >= 15 is 0 Å². The van der Waals surface area contributed by atoms with Crippen LogP contribution in [-0.4, -0.2) is 6.54 Å². The van der Waals surface area contributed by atoms with E-state index in [2.05, 4.69) is 32.2 Å². The standard InChI is InChI=1S/C15H20ClNO/c1-4-6-11-13(9-17-5-2)18-15-12(16)8-7-10(3)14(11)15/h7-8,17H,4-6,9H2,1-3H3. The Balaban J connectivity index is 2.59. The van der Waals surface area contributed by atoms with Crippen molar-refractivity contribution in [3.8, 4) is 0 Å². The number of furan rings is 1. The maximum absolute atomic E-state index is 6.23. The predicted octanol–water partition coefficient (Wildman–Crippen LogP) is 4.46. The minimum Gasteiger partial charge on any atom is -0.458 e. The van der Waals surface area contributed by atoms with Gasteiger partial charge in [-0.05, 0) is 31.5 Å². The van der Waals surface area contributed by atoms with Crippen molar-refractivity contribution in [3.05, 3.63) is 34.0 Å². The maximum Gasteiger partial charge on any atom is 0.153 e. The number of benzene rings is 1. The molecule has 0 atom stereocenters. The van der Waals surface area contributed by atoms with Crippen molar-refractivity contribution in [3.63, 3.8) is 0 Å². The molecule has 1 N–H and O–H groups in total. The van der Waals surface area contributed by atoms with E-state index in [0.717, 1.165) is 37.3 Å². The zero-order valence-electron chi connectivity index (χ0n) is 11.3. The number of hydrogen-bond donors (Lipinski definition) is 1. The van der Waals surface area contributed by atoms with Crippen LogP contribution in [0, 0.1) is 6.92 Å². The van der Waals surface area contributed by atoms with Crippen molar-refractivity contribution in [1.82, 2.24) is 5.32 Å². The van der Waals surface area contributed by atoms with Crippen molar-refractivity contribution in [1.29, 1.82) is 0 Å². The summed E-state index contributed by atoms with van der Waals surface area (Å²) in [5.74, 6) is 1.03. The van der Waals surface area contributed by atoms with Crippen LogP contribution >= 0.6 is 11.6 Å². The molecule has 98 valence electrons. The van der Waals surface area contributed by atoms with Gasteiger partial charge < -0.3 is 9.73 Å². The highest BCUT2D eigenvalue weighted by molar-refractivity contribution is 6.35. The Kier molecular flexibility index (Phi) is 4.31. The van der Waals surface area contributed by atoms with Crippen molar-refractivity contribution < 1.29 is 4.42 Å². The quantitative estimate of drug-likeness (QED) is 0.864. The summed E-state index contributed by atoms with van der Waals surface area (Å²) >= 11 is 6.23. The van der Waals surface area contributed by atoms with Crippen LogP contribution in [0.25, 0.3) is 11.0 Å². The molecular formula is C15H20ClNO. The van der Waals surface area contributed by atoms with E-state index in [9.17, 15) is 0 Å². The Hall–Kier alpha value is -0.990. The molecular weight excluding hydrogens is 246 g/mol. The lowest BCUT2D eigenvalue weighted by atomic mass is 10.0. The summed E-state index contributed by atoms with van der Waals surface area (Å²) in [7, 11) is 0. The Morgan fingerprint density at radius 3 is 2.72 bits per heavy atom. The second-order valence-corrected chi connectivity index (χ2v) is 5.01. The van der Waals surface area contributed by atoms with Gasteiger partial charge in [-0.3, -0.25) is 0 Å². The fourth-order valence-corrected chi connectivity index (χ4v) is 2.55. The molecule has 0 aliphatic rings. The summed E-state index contributed by atoms with van der Waals surface area (Å²) in [6, 6.07) is 3.98. The average Bonchev–Trinajstić information content (AvgIpc) is 2.72. The molecule has 0 saturated carbocycles. The van der Waals surface area contributed by atoms with Gasteiger partial charge in [-0.1, -0.05) is 37.9 Å². The third kappa shape index (κ3) is 2.40. The highest BCUT2D eigenvalue weighted by Gasteiger charge is 2.16. The van der Waals surface area contributed by atoms with Crippen LogP contribution in [0.4, 0.5) is 0 Å². The largest absolute Gasteiger partial charge is 0.458 e. The predicted molar refractivity (Wildman–Crippen MR) is 77.3 cm³/mol. The van der Waals surface area contributed by atoms with Crippen molar-refractivity contribution in [2.75, 3.05) is 6.54 Å². The normalized spacial score (nSPS) is 11.3. The third-order valence-corrected chi connectivity index (χ3v) is 3.51. The molecule has 0 aliphatic carbocycles. The molecule has 0 saturated heterocycles. The number of hydrogen-bond acceptors (Lipinski definition) is 2. The number of aryl methyl sites for hydroxylation is 2. The molecule has 1 heterocycles. The minimum atomic E-state index is 0.704. The first-order valence-electron chi connectivity index (χ1n) is 6.59. The van der Waals surface area contributed by atoms with Gasteiger partial charge in [0.1, 0.15) is 5.76 Å². The van der Waals surface area contributed by atoms with Crippen LogP contribution < -0.4 is 5.32 Å². The topological polar surface area (TPSA) is 25.2 Å². The van der Waals surface area contributed by atoms with Gasteiger partial charge in [0.05, 0.1) is 11.6 Å². The van der Waals surface area contributed by atoms with Crippen LogP contribution in [0.5, 0.6) is 0 Å². The van der Waals surface area contributed by atoms with Gasteiger partial charge in [-0.2, -0.15) is 0 Å². The molecule has 0 amide bonds. The summed E-state index contributed by atoms with van der Waals surface area (Å²) < 4.78 is 5.97. The minimum absolute atomic E-state index is 0.704. The summed E-state index contributed by atoms with van der Waals surface area (Å²) in [5.41, 5.74) is 3.39. The monoisotopic (exact) mass is 265 g/mol.